The van der Waals surface area contributed by atoms with Crippen molar-refractivity contribution in [2.24, 2.45) is 5.10 Å². The number of methoxy groups -OCH3 is 1. The van der Waals surface area contributed by atoms with Gasteiger partial charge in [-0.3, -0.25) is 4.79 Å². The number of rotatable bonds is 4. The van der Waals surface area contributed by atoms with E-state index in [9.17, 15) is 9.90 Å². The number of benzene rings is 2. The molecule has 1 amide bonds. The molecule has 0 saturated carbocycles. The van der Waals surface area contributed by atoms with Crippen molar-refractivity contribution in [3.8, 4) is 11.5 Å². The van der Waals surface area contributed by atoms with E-state index in [1.807, 2.05) is 0 Å². The predicted molar refractivity (Wildman–Crippen MR) is 86.2 cm³/mol. The predicted octanol–water partition coefficient (Wildman–Crippen LogP) is 3.47. The summed E-state index contributed by atoms with van der Waals surface area (Å²) in [6.45, 7) is 0. The molecule has 0 radical (unpaired) electrons. The fraction of sp³-hybridized carbons (Fsp3) is 0.0667. The number of halogens is 2. The molecular weight excluding hydrogens is 327 g/mol. The lowest BCUT2D eigenvalue weighted by molar-refractivity contribution is 0.0955. The molecular formula is C15H12Cl2N2O3. The molecule has 0 fully saturated rings. The lowest BCUT2D eigenvalue weighted by Crippen LogP contribution is -2.18. The molecule has 0 bridgehead atoms. The Morgan fingerprint density at radius 2 is 2.09 bits per heavy atom. The number of hydrogen-bond donors (Lipinski definition) is 2. The molecule has 0 aliphatic carbocycles. The Hall–Kier alpha value is -2.24. The van der Waals surface area contributed by atoms with Gasteiger partial charge in [0.2, 0.25) is 0 Å². The van der Waals surface area contributed by atoms with Gasteiger partial charge in [-0.2, -0.15) is 5.10 Å². The van der Waals surface area contributed by atoms with Crippen LogP contribution in [-0.2, 0) is 0 Å². The van der Waals surface area contributed by atoms with Crippen LogP contribution in [0.15, 0.2) is 41.5 Å². The number of carbonyl (C=O) groups excluding carboxylic acids is 1. The second-order valence-electron chi connectivity index (χ2n) is 4.22. The Morgan fingerprint density at radius 3 is 2.77 bits per heavy atom. The molecule has 2 aromatic carbocycles. The monoisotopic (exact) mass is 338 g/mol. The molecule has 2 rings (SSSR count). The van der Waals surface area contributed by atoms with Crippen LogP contribution in [0.2, 0.25) is 10.0 Å². The Labute approximate surface area is 137 Å². The number of carbonyl (C=O) groups is 1. The summed E-state index contributed by atoms with van der Waals surface area (Å²) in [5.74, 6) is -0.233. The molecule has 0 spiro atoms. The van der Waals surface area contributed by atoms with Gasteiger partial charge in [0.25, 0.3) is 5.91 Å². The number of aromatic hydroxyl groups is 1. The number of nitrogens with zero attached hydrogens (tertiary/aromatic N) is 1. The normalized spacial score (nSPS) is 10.7. The van der Waals surface area contributed by atoms with Crippen LogP contribution in [0, 0.1) is 0 Å². The fourth-order valence-electron chi connectivity index (χ4n) is 1.70. The van der Waals surface area contributed by atoms with Gasteiger partial charge in [-0.05, 0) is 30.3 Å². The third-order valence-electron chi connectivity index (χ3n) is 2.80. The molecule has 0 atom stereocenters. The second-order valence-corrected chi connectivity index (χ2v) is 5.07. The maximum atomic E-state index is 11.9. The third-order valence-corrected chi connectivity index (χ3v) is 3.34. The zero-order valence-electron chi connectivity index (χ0n) is 11.5. The van der Waals surface area contributed by atoms with Gasteiger partial charge in [0, 0.05) is 10.6 Å². The van der Waals surface area contributed by atoms with Crippen molar-refractivity contribution < 1.29 is 14.6 Å². The number of phenolic OH excluding ortho intramolecular Hbond substituents is 1. The SMILES string of the molecule is COc1cccc(/C=N/NC(=O)c2ccc(Cl)cc2Cl)c1O. The maximum absolute atomic E-state index is 11.9. The van der Waals surface area contributed by atoms with Gasteiger partial charge in [0.1, 0.15) is 0 Å². The minimum Gasteiger partial charge on any atom is -0.504 e. The van der Waals surface area contributed by atoms with Crippen molar-refractivity contribution in [2.75, 3.05) is 7.11 Å². The first-order valence-electron chi connectivity index (χ1n) is 6.17. The molecule has 22 heavy (non-hydrogen) atoms. The summed E-state index contributed by atoms with van der Waals surface area (Å²) < 4.78 is 4.98. The lowest BCUT2D eigenvalue weighted by Gasteiger charge is -2.05. The van der Waals surface area contributed by atoms with E-state index in [2.05, 4.69) is 10.5 Å². The van der Waals surface area contributed by atoms with Gasteiger partial charge in [-0.1, -0.05) is 29.3 Å². The Bertz CT molecular complexity index is 733. The molecule has 0 heterocycles. The van der Waals surface area contributed by atoms with E-state index in [4.69, 9.17) is 27.9 Å². The van der Waals surface area contributed by atoms with Crippen molar-refractivity contribution in [3.63, 3.8) is 0 Å². The standard InChI is InChI=1S/C15H12Cl2N2O3/c1-22-13-4-2-3-9(14(13)20)8-18-19-15(21)11-6-5-10(16)7-12(11)17/h2-8,20H,1H3,(H,19,21)/b18-8+. The van der Waals surface area contributed by atoms with Gasteiger partial charge >= 0.3 is 0 Å². The number of nitrogens with one attached hydrogen (secondary N) is 1. The van der Waals surface area contributed by atoms with Crippen molar-refractivity contribution in [1.29, 1.82) is 0 Å². The average molecular weight is 339 g/mol. The number of para-hydroxylation sites is 1. The van der Waals surface area contributed by atoms with E-state index < -0.39 is 5.91 Å². The largest absolute Gasteiger partial charge is 0.504 e. The van der Waals surface area contributed by atoms with Crippen LogP contribution in [0.4, 0.5) is 0 Å². The van der Waals surface area contributed by atoms with Crippen LogP contribution in [0.1, 0.15) is 15.9 Å². The molecule has 5 nitrogen and oxygen atoms in total. The van der Waals surface area contributed by atoms with Crippen molar-refractivity contribution in [1.82, 2.24) is 5.43 Å². The van der Waals surface area contributed by atoms with Crippen LogP contribution in [0.5, 0.6) is 11.5 Å². The van der Waals surface area contributed by atoms with Gasteiger partial charge in [0.15, 0.2) is 11.5 Å². The molecule has 2 N–H and O–H groups in total. The van der Waals surface area contributed by atoms with Crippen LogP contribution in [0.3, 0.4) is 0 Å². The van der Waals surface area contributed by atoms with Gasteiger partial charge in [0.05, 0.1) is 23.9 Å². The zero-order valence-corrected chi connectivity index (χ0v) is 13.0. The summed E-state index contributed by atoms with van der Waals surface area (Å²) in [4.78, 5) is 11.9. The summed E-state index contributed by atoms with van der Waals surface area (Å²) in [6.07, 6.45) is 1.31. The van der Waals surface area contributed by atoms with E-state index in [0.717, 1.165) is 0 Å². The quantitative estimate of drug-likeness (QED) is 0.662. The minimum atomic E-state index is -0.486. The smallest absolute Gasteiger partial charge is 0.272 e. The van der Waals surface area contributed by atoms with Crippen LogP contribution < -0.4 is 10.2 Å². The average Bonchev–Trinajstić information content (AvgIpc) is 2.48. The highest BCUT2D eigenvalue weighted by molar-refractivity contribution is 6.36. The first kappa shape index (κ1) is 16.1. The topological polar surface area (TPSA) is 70.9 Å². The first-order valence-corrected chi connectivity index (χ1v) is 6.93. The number of phenols is 1. The first-order chi connectivity index (χ1) is 10.5. The summed E-state index contributed by atoms with van der Waals surface area (Å²) >= 11 is 11.7. The third kappa shape index (κ3) is 3.69. The fourth-order valence-corrected chi connectivity index (χ4v) is 2.20. The zero-order chi connectivity index (χ0) is 16.1. The molecule has 0 unspecified atom stereocenters. The lowest BCUT2D eigenvalue weighted by atomic mass is 10.2. The van der Waals surface area contributed by atoms with E-state index in [1.165, 1.54) is 25.5 Å². The summed E-state index contributed by atoms with van der Waals surface area (Å²) in [7, 11) is 1.44. The van der Waals surface area contributed by atoms with E-state index in [0.29, 0.717) is 16.3 Å². The molecule has 0 aromatic heterocycles. The van der Waals surface area contributed by atoms with Crippen molar-refractivity contribution in [2.45, 2.75) is 0 Å². The molecule has 0 saturated heterocycles. The highest BCUT2D eigenvalue weighted by atomic mass is 35.5. The van der Waals surface area contributed by atoms with Crippen LogP contribution in [-0.4, -0.2) is 24.3 Å². The Balaban J connectivity index is 2.11. The summed E-state index contributed by atoms with van der Waals surface area (Å²) in [5, 5.41) is 14.3. The second kappa shape index (κ2) is 7.15. The Morgan fingerprint density at radius 1 is 1.32 bits per heavy atom. The number of hydrogen-bond acceptors (Lipinski definition) is 4. The Kier molecular flexibility index (Phi) is 5.25. The van der Waals surface area contributed by atoms with E-state index in [-0.39, 0.29) is 16.3 Å². The molecule has 0 aliphatic heterocycles. The highest BCUT2D eigenvalue weighted by Gasteiger charge is 2.10. The number of hydrazone groups is 1. The van der Waals surface area contributed by atoms with Crippen molar-refractivity contribution in [3.05, 3.63) is 57.6 Å². The van der Waals surface area contributed by atoms with E-state index >= 15 is 0 Å². The number of ether oxygens (including phenoxy) is 1. The summed E-state index contributed by atoms with van der Waals surface area (Å²) in [5.41, 5.74) is 2.98. The van der Waals surface area contributed by atoms with Crippen LogP contribution in [0.25, 0.3) is 0 Å². The highest BCUT2D eigenvalue weighted by Crippen LogP contribution is 2.28. The van der Waals surface area contributed by atoms with E-state index in [1.54, 1.807) is 24.3 Å². The molecule has 2 aromatic rings. The molecule has 114 valence electrons. The van der Waals surface area contributed by atoms with Crippen LogP contribution >= 0.6 is 23.2 Å². The summed E-state index contributed by atoms with van der Waals surface area (Å²) in [6, 6.07) is 9.45. The van der Waals surface area contributed by atoms with Crippen molar-refractivity contribution >= 4 is 35.3 Å². The number of amides is 1. The van der Waals surface area contributed by atoms with Gasteiger partial charge in [-0.15, -0.1) is 0 Å². The minimum absolute atomic E-state index is 0.0625. The van der Waals surface area contributed by atoms with Gasteiger partial charge in [-0.25, -0.2) is 5.43 Å². The van der Waals surface area contributed by atoms with Gasteiger partial charge < -0.3 is 9.84 Å². The molecule has 7 heteroatoms. The molecule has 0 aliphatic rings. The maximum Gasteiger partial charge on any atom is 0.272 e.